The number of allylic oxidation sites excluding steroid dienone is 2. The molecule has 0 aliphatic heterocycles. The van der Waals surface area contributed by atoms with Gasteiger partial charge in [-0.15, -0.1) is 0 Å². The van der Waals surface area contributed by atoms with Crippen molar-refractivity contribution in [3.8, 4) is 0 Å². The first-order chi connectivity index (χ1) is 14.9. The Balaban J connectivity index is 1.97. The fourth-order valence-electron chi connectivity index (χ4n) is 6.17. The summed E-state index contributed by atoms with van der Waals surface area (Å²) in [5.74, 6) is 1.59. The zero-order chi connectivity index (χ0) is 23.8. The first-order valence-electron chi connectivity index (χ1n) is 12.3. The van der Waals surface area contributed by atoms with Gasteiger partial charge < -0.3 is 19.2 Å². The van der Waals surface area contributed by atoms with E-state index in [0.717, 1.165) is 50.9 Å². The van der Waals surface area contributed by atoms with Crippen molar-refractivity contribution >= 4 is 14.4 Å². The molecule has 0 spiro atoms. The summed E-state index contributed by atoms with van der Waals surface area (Å²) in [4.78, 5) is 11.9. The Bertz CT molecular complexity index is 781. The van der Waals surface area contributed by atoms with E-state index >= 15 is 0 Å². The Hall–Kier alpha value is -1.27. The summed E-state index contributed by atoms with van der Waals surface area (Å²) < 4.78 is 17.5. The zero-order valence-corrected chi connectivity index (χ0v) is 22.7. The highest BCUT2D eigenvalue weighted by Gasteiger charge is 2.56. The van der Waals surface area contributed by atoms with Crippen LogP contribution >= 0.6 is 0 Å². The minimum absolute atomic E-state index is 0.0347. The van der Waals surface area contributed by atoms with Crippen LogP contribution in [0.1, 0.15) is 72.6 Å². The molecule has 5 nitrogen and oxygen atoms in total. The van der Waals surface area contributed by atoms with E-state index in [1.54, 1.807) is 18.3 Å². The van der Waals surface area contributed by atoms with Crippen LogP contribution in [0.15, 0.2) is 23.0 Å². The second kappa shape index (κ2) is 9.17. The Kier molecular flexibility index (Phi) is 7.26. The fraction of sp³-hybridized carbons (Fsp3) is 0.808. The lowest BCUT2D eigenvalue weighted by atomic mass is 9.48. The van der Waals surface area contributed by atoms with Crippen LogP contribution in [0.3, 0.4) is 0 Å². The highest BCUT2D eigenvalue weighted by Crippen LogP contribution is 2.62. The second-order valence-electron chi connectivity index (χ2n) is 12.0. The molecule has 0 aromatic carbocycles. The molecule has 32 heavy (non-hydrogen) atoms. The standard InChI is InChI=1S/C26H45NO4Si/c1-24(2,3)32(7,8)31-18-26-15-9-14-25(4,17-27-23(28)30-6)22(26)13-10-19-16-20(29-5)11-12-21(19)26/h11,22H,9-10,12-18H2,1-8H3,(H,27,28)/t22-,25+,26-/m1/s1. The number of rotatable bonds is 6. The predicted molar refractivity (Wildman–Crippen MR) is 132 cm³/mol. The summed E-state index contributed by atoms with van der Waals surface area (Å²) in [6.07, 6.45) is 9.60. The number of nitrogens with one attached hydrogen (secondary N) is 1. The molecule has 1 N–H and O–H groups in total. The van der Waals surface area contributed by atoms with E-state index in [9.17, 15) is 4.79 Å². The van der Waals surface area contributed by atoms with E-state index in [1.165, 1.54) is 13.5 Å². The SMILES string of the molecule is COC(=O)NC[C@]1(C)CCC[C@@]2(CO[Si](C)(C)C(C)(C)C)C3=C(CC[C@H]12)CC(OC)=CC3. The predicted octanol–water partition coefficient (Wildman–Crippen LogP) is 6.57. The summed E-state index contributed by atoms with van der Waals surface area (Å²) in [5, 5.41) is 3.22. The van der Waals surface area contributed by atoms with Gasteiger partial charge in [0, 0.05) is 25.0 Å². The molecular weight excluding hydrogens is 418 g/mol. The lowest BCUT2D eigenvalue weighted by Crippen LogP contribution is -2.56. The Morgan fingerprint density at radius 1 is 1.25 bits per heavy atom. The van der Waals surface area contributed by atoms with E-state index < -0.39 is 8.32 Å². The molecule has 3 atom stereocenters. The molecule has 0 saturated heterocycles. The van der Waals surface area contributed by atoms with Gasteiger partial charge in [-0.1, -0.05) is 45.3 Å². The molecule has 0 aromatic heterocycles. The molecule has 0 heterocycles. The average molecular weight is 464 g/mol. The van der Waals surface area contributed by atoms with Gasteiger partial charge in [-0.25, -0.2) is 4.79 Å². The first kappa shape index (κ1) is 25.4. The minimum atomic E-state index is -1.89. The molecule has 3 rings (SSSR count). The third-order valence-electron chi connectivity index (χ3n) is 9.14. The summed E-state index contributed by atoms with van der Waals surface area (Å²) in [7, 11) is 1.34. The summed E-state index contributed by atoms with van der Waals surface area (Å²) in [6.45, 7) is 15.5. The van der Waals surface area contributed by atoms with Crippen molar-refractivity contribution in [2.24, 2.45) is 16.7 Å². The Morgan fingerprint density at radius 2 is 1.97 bits per heavy atom. The molecule has 1 amide bonds. The van der Waals surface area contributed by atoms with Crippen molar-refractivity contribution in [1.29, 1.82) is 0 Å². The number of hydrogen-bond donors (Lipinski definition) is 1. The summed E-state index contributed by atoms with van der Waals surface area (Å²) in [6, 6.07) is 0. The van der Waals surface area contributed by atoms with Crippen LogP contribution in [0.25, 0.3) is 0 Å². The second-order valence-corrected chi connectivity index (χ2v) is 16.8. The molecule has 1 fully saturated rings. The maximum absolute atomic E-state index is 11.9. The molecule has 6 heteroatoms. The maximum Gasteiger partial charge on any atom is 0.406 e. The van der Waals surface area contributed by atoms with Crippen molar-refractivity contribution in [2.45, 2.75) is 90.8 Å². The van der Waals surface area contributed by atoms with Gasteiger partial charge in [0.15, 0.2) is 8.32 Å². The van der Waals surface area contributed by atoms with E-state index in [1.807, 2.05) is 0 Å². The number of methoxy groups -OCH3 is 2. The maximum atomic E-state index is 11.9. The molecule has 3 aliphatic carbocycles. The lowest BCUT2D eigenvalue weighted by Gasteiger charge is -2.59. The van der Waals surface area contributed by atoms with Gasteiger partial charge in [0.2, 0.25) is 0 Å². The number of amides is 1. The third kappa shape index (κ3) is 4.68. The largest absolute Gasteiger partial charge is 0.501 e. The van der Waals surface area contributed by atoms with Crippen molar-refractivity contribution in [2.75, 3.05) is 27.4 Å². The van der Waals surface area contributed by atoms with Gasteiger partial charge in [0.1, 0.15) is 0 Å². The van der Waals surface area contributed by atoms with Crippen LogP contribution in [0.5, 0.6) is 0 Å². The number of carbonyl (C=O) groups excluding carboxylic acids is 1. The smallest absolute Gasteiger partial charge is 0.406 e. The Morgan fingerprint density at radius 3 is 2.59 bits per heavy atom. The summed E-state index contributed by atoms with van der Waals surface area (Å²) in [5.41, 5.74) is 3.26. The van der Waals surface area contributed by atoms with E-state index in [4.69, 9.17) is 13.9 Å². The number of ether oxygens (including phenoxy) is 2. The van der Waals surface area contributed by atoms with Gasteiger partial charge >= 0.3 is 6.09 Å². The highest BCUT2D eigenvalue weighted by molar-refractivity contribution is 6.74. The minimum Gasteiger partial charge on any atom is -0.501 e. The monoisotopic (exact) mass is 463 g/mol. The number of hydrogen-bond acceptors (Lipinski definition) is 4. The van der Waals surface area contributed by atoms with Gasteiger partial charge in [-0.05, 0) is 67.6 Å². The highest BCUT2D eigenvalue weighted by atomic mass is 28.4. The van der Waals surface area contributed by atoms with Gasteiger partial charge in [0.25, 0.3) is 0 Å². The van der Waals surface area contributed by atoms with E-state index in [0.29, 0.717) is 12.5 Å². The molecule has 1 saturated carbocycles. The Labute approximate surface area is 196 Å². The summed E-state index contributed by atoms with van der Waals surface area (Å²) >= 11 is 0. The normalized spacial score (nSPS) is 30.8. The van der Waals surface area contributed by atoms with Crippen LogP contribution in [0.4, 0.5) is 4.79 Å². The number of fused-ring (bicyclic) bond motifs is 2. The van der Waals surface area contributed by atoms with Gasteiger partial charge in [0.05, 0.1) is 20.0 Å². The lowest BCUT2D eigenvalue weighted by molar-refractivity contribution is -0.0417. The quantitative estimate of drug-likeness (QED) is 0.357. The van der Waals surface area contributed by atoms with Gasteiger partial charge in [-0.2, -0.15) is 0 Å². The van der Waals surface area contributed by atoms with Crippen LogP contribution in [0, 0.1) is 16.7 Å². The van der Waals surface area contributed by atoms with Crippen LogP contribution in [-0.4, -0.2) is 41.8 Å². The molecule has 0 radical (unpaired) electrons. The topological polar surface area (TPSA) is 56.8 Å². The zero-order valence-electron chi connectivity index (χ0n) is 21.7. The van der Waals surface area contributed by atoms with Crippen molar-refractivity contribution in [3.63, 3.8) is 0 Å². The molecule has 0 unspecified atom stereocenters. The van der Waals surface area contributed by atoms with Crippen LogP contribution < -0.4 is 5.32 Å². The molecule has 3 aliphatic rings. The van der Waals surface area contributed by atoms with Gasteiger partial charge in [-0.3, -0.25) is 0 Å². The third-order valence-corrected chi connectivity index (χ3v) is 13.6. The fourth-order valence-corrected chi connectivity index (χ4v) is 7.22. The van der Waals surface area contributed by atoms with Crippen molar-refractivity contribution < 1.29 is 18.7 Å². The first-order valence-corrected chi connectivity index (χ1v) is 15.2. The van der Waals surface area contributed by atoms with E-state index in [-0.39, 0.29) is 22.0 Å². The van der Waals surface area contributed by atoms with Crippen LogP contribution in [-0.2, 0) is 13.9 Å². The molecule has 0 bridgehead atoms. The molecule has 182 valence electrons. The molecular formula is C26H45NO4Si. The number of carbonyl (C=O) groups is 1. The van der Waals surface area contributed by atoms with Crippen molar-refractivity contribution in [3.05, 3.63) is 23.0 Å². The average Bonchev–Trinajstić information content (AvgIpc) is 2.75. The van der Waals surface area contributed by atoms with E-state index in [2.05, 4.69) is 52.2 Å². The molecule has 0 aromatic rings. The van der Waals surface area contributed by atoms with Crippen molar-refractivity contribution in [1.82, 2.24) is 5.32 Å². The number of alkyl carbamates (subject to hydrolysis) is 1. The van der Waals surface area contributed by atoms with Crippen LogP contribution in [0.2, 0.25) is 18.1 Å².